The highest BCUT2D eigenvalue weighted by Crippen LogP contribution is 2.38. The second-order valence-electron chi connectivity index (χ2n) is 7.99. The number of nitrogens with one attached hydrogen (secondary N) is 1. The Morgan fingerprint density at radius 1 is 1.08 bits per heavy atom. The third-order valence-electron chi connectivity index (χ3n) is 5.63. The molecule has 0 radical (unpaired) electrons. The Labute approximate surface area is 218 Å². The Balaban J connectivity index is 1.38. The van der Waals surface area contributed by atoms with Gasteiger partial charge in [-0.1, -0.05) is 23.7 Å². The number of amides is 1. The van der Waals surface area contributed by atoms with Gasteiger partial charge < -0.3 is 19.5 Å². The number of halogens is 1. The molecule has 0 spiro atoms. The first-order chi connectivity index (χ1) is 17.9. The van der Waals surface area contributed by atoms with Crippen molar-refractivity contribution in [3.05, 3.63) is 81.5 Å². The molecule has 10 nitrogen and oxygen atoms in total. The lowest BCUT2D eigenvalue weighted by Crippen LogP contribution is -2.26. The maximum absolute atomic E-state index is 12.9. The monoisotopic (exact) mass is 523 g/mol. The van der Waals surface area contributed by atoms with Gasteiger partial charge in [0, 0.05) is 17.6 Å². The van der Waals surface area contributed by atoms with E-state index >= 15 is 0 Å². The summed E-state index contributed by atoms with van der Waals surface area (Å²) >= 11 is 5.93. The number of hydrogen-bond acceptors (Lipinski definition) is 7. The van der Waals surface area contributed by atoms with E-state index in [2.05, 4.69) is 15.4 Å². The highest BCUT2D eigenvalue weighted by molar-refractivity contribution is 6.30. The van der Waals surface area contributed by atoms with Crippen LogP contribution in [-0.2, 0) is 17.9 Å². The van der Waals surface area contributed by atoms with Crippen LogP contribution in [-0.4, -0.2) is 53.1 Å². The summed E-state index contributed by atoms with van der Waals surface area (Å²) in [6, 6.07) is 10.8. The van der Waals surface area contributed by atoms with Crippen molar-refractivity contribution < 1.29 is 19.0 Å². The molecular weight excluding hydrogens is 498 g/mol. The zero-order chi connectivity index (χ0) is 26.4. The first-order valence-electron chi connectivity index (χ1n) is 11.3. The zero-order valence-corrected chi connectivity index (χ0v) is 21.4. The topological polar surface area (TPSA) is 110 Å². The standard InChI is InChI=1S/C26H26ClN5O5/c1-35-21-12-18(13-22(36-2)24(21)37-3)6-9-23(33)28-10-11-32-25-20(14-30-32)26(34)31(16-29-25)15-17-4-7-19(27)8-5-17/h4-9,12-14,16H,10-11,15H2,1-3H3,(H,28,33)/b9-6+. The van der Waals surface area contributed by atoms with Crippen LogP contribution in [0.15, 0.2) is 59.8 Å². The van der Waals surface area contributed by atoms with Crippen LogP contribution >= 0.6 is 11.6 Å². The number of nitrogens with zero attached hydrogens (tertiary/aromatic N) is 4. The average molecular weight is 524 g/mol. The number of aromatic nitrogens is 4. The van der Waals surface area contributed by atoms with Crippen LogP contribution in [0.1, 0.15) is 11.1 Å². The number of carbonyl (C=O) groups is 1. The van der Waals surface area contributed by atoms with Gasteiger partial charge in [0.05, 0.1) is 40.6 Å². The fraction of sp³-hybridized carbons (Fsp3) is 0.231. The molecule has 0 saturated carbocycles. The Morgan fingerprint density at radius 3 is 2.43 bits per heavy atom. The van der Waals surface area contributed by atoms with E-state index in [1.54, 1.807) is 35.0 Å². The molecule has 0 bridgehead atoms. The van der Waals surface area contributed by atoms with Gasteiger partial charge in [-0.3, -0.25) is 14.2 Å². The first kappa shape index (κ1) is 25.8. The molecule has 2 heterocycles. The molecule has 0 atom stereocenters. The van der Waals surface area contributed by atoms with E-state index in [1.165, 1.54) is 44.5 Å². The van der Waals surface area contributed by atoms with Gasteiger partial charge in [-0.15, -0.1) is 0 Å². The van der Waals surface area contributed by atoms with Crippen molar-refractivity contribution in [3.8, 4) is 17.2 Å². The predicted octanol–water partition coefficient (Wildman–Crippen LogP) is 3.15. The van der Waals surface area contributed by atoms with Crippen LogP contribution in [0.2, 0.25) is 5.02 Å². The van der Waals surface area contributed by atoms with Gasteiger partial charge in [0.2, 0.25) is 11.7 Å². The van der Waals surface area contributed by atoms with Crippen LogP contribution in [0.25, 0.3) is 17.1 Å². The minimum Gasteiger partial charge on any atom is -0.493 e. The van der Waals surface area contributed by atoms with Crippen molar-refractivity contribution in [1.82, 2.24) is 24.6 Å². The van der Waals surface area contributed by atoms with Crippen molar-refractivity contribution in [3.63, 3.8) is 0 Å². The molecule has 192 valence electrons. The van der Waals surface area contributed by atoms with Gasteiger partial charge in [0.1, 0.15) is 11.7 Å². The smallest absolute Gasteiger partial charge is 0.264 e. The Morgan fingerprint density at radius 2 is 1.78 bits per heavy atom. The molecule has 0 unspecified atom stereocenters. The number of fused-ring (bicyclic) bond motifs is 1. The Bertz CT molecular complexity index is 1470. The van der Waals surface area contributed by atoms with Gasteiger partial charge in [0.15, 0.2) is 17.1 Å². The SMILES string of the molecule is COc1cc(/C=C/C(=O)NCCn2ncc3c(=O)n(Cc4ccc(Cl)cc4)cnc32)cc(OC)c1OC. The first-order valence-corrected chi connectivity index (χ1v) is 11.7. The van der Waals surface area contributed by atoms with Crippen LogP contribution < -0.4 is 25.1 Å². The molecule has 37 heavy (non-hydrogen) atoms. The minimum absolute atomic E-state index is 0.191. The zero-order valence-electron chi connectivity index (χ0n) is 20.6. The van der Waals surface area contributed by atoms with Gasteiger partial charge >= 0.3 is 0 Å². The predicted molar refractivity (Wildman–Crippen MR) is 140 cm³/mol. The molecule has 4 rings (SSSR count). The molecule has 0 saturated heterocycles. The fourth-order valence-electron chi connectivity index (χ4n) is 3.77. The maximum atomic E-state index is 12.9. The van der Waals surface area contributed by atoms with E-state index in [9.17, 15) is 9.59 Å². The van der Waals surface area contributed by atoms with Crippen LogP contribution in [0.4, 0.5) is 0 Å². The van der Waals surface area contributed by atoms with E-state index in [4.69, 9.17) is 25.8 Å². The lowest BCUT2D eigenvalue weighted by molar-refractivity contribution is -0.116. The summed E-state index contributed by atoms with van der Waals surface area (Å²) in [5.41, 5.74) is 1.91. The molecule has 1 amide bonds. The molecule has 2 aromatic carbocycles. The summed E-state index contributed by atoms with van der Waals surface area (Å²) in [4.78, 5) is 29.6. The molecular formula is C26H26ClN5O5. The third kappa shape index (κ3) is 5.92. The lowest BCUT2D eigenvalue weighted by Gasteiger charge is -2.12. The molecule has 11 heteroatoms. The highest BCUT2D eigenvalue weighted by Gasteiger charge is 2.13. The molecule has 0 aliphatic heterocycles. The fourth-order valence-corrected chi connectivity index (χ4v) is 3.90. The molecule has 4 aromatic rings. The summed E-state index contributed by atoms with van der Waals surface area (Å²) in [5.74, 6) is 1.17. The molecule has 1 N–H and O–H groups in total. The van der Waals surface area contributed by atoms with E-state index < -0.39 is 0 Å². The number of methoxy groups -OCH3 is 3. The van der Waals surface area contributed by atoms with Gasteiger partial charge in [0.25, 0.3) is 5.56 Å². The summed E-state index contributed by atoms with van der Waals surface area (Å²) in [7, 11) is 4.58. The second kappa shape index (κ2) is 11.6. The van der Waals surface area contributed by atoms with Crippen molar-refractivity contribution in [1.29, 1.82) is 0 Å². The number of benzene rings is 2. The molecule has 0 aliphatic rings. The number of hydrogen-bond donors (Lipinski definition) is 1. The van der Waals surface area contributed by atoms with Crippen LogP contribution in [0.3, 0.4) is 0 Å². The number of carbonyl (C=O) groups excluding carboxylic acids is 1. The van der Waals surface area contributed by atoms with Crippen molar-refractivity contribution >= 4 is 34.6 Å². The van der Waals surface area contributed by atoms with Crippen LogP contribution in [0.5, 0.6) is 17.2 Å². The molecule has 2 aromatic heterocycles. The minimum atomic E-state index is -0.288. The maximum Gasteiger partial charge on any atom is 0.264 e. The van der Waals surface area contributed by atoms with E-state index in [0.29, 0.717) is 58.5 Å². The quantitative estimate of drug-likeness (QED) is 0.318. The lowest BCUT2D eigenvalue weighted by atomic mass is 10.1. The molecule has 0 aliphatic carbocycles. The normalized spacial score (nSPS) is 11.1. The summed E-state index contributed by atoms with van der Waals surface area (Å²) in [5, 5.41) is 8.12. The number of rotatable bonds is 10. The second-order valence-corrected chi connectivity index (χ2v) is 8.43. The summed E-state index contributed by atoms with van der Waals surface area (Å²) < 4.78 is 19.1. The van der Waals surface area contributed by atoms with E-state index in [-0.39, 0.29) is 11.5 Å². The summed E-state index contributed by atoms with van der Waals surface area (Å²) in [6.07, 6.45) is 6.05. The Kier molecular flexibility index (Phi) is 8.09. The van der Waals surface area contributed by atoms with Crippen molar-refractivity contribution in [2.45, 2.75) is 13.1 Å². The number of ether oxygens (including phenoxy) is 3. The highest BCUT2D eigenvalue weighted by atomic mass is 35.5. The Hall–Kier alpha value is -4.31. The van der Waals surface area contributed by atoms with Crippen molar-refractivity contribution in [2.75, 3.05) is 27.9 Å². The van der Waals surface area contributed by atoms with Crippen molar-refractivity contribution in [2.24, 2.45) is 0 Å². The largest absolute Gasteiger partial charge is 0.493 e. The van der Waals surface area contributed by atoms with Gasteiger partial charge in [-0.25, -0.2) is 9.67 Å². The van der Waals surface area contributed by atoms with E-state index in [0.717, 1.165) is 5.56 Å². The van der Waals surface area contributed by atoms with E-state index in [1.807, 2.05) is 12.1 Å². The van der Waals surface area contributed by atoms with Gasteiger partial charge in [-0.05, 0) is 41.5 Å². The van der Waals surface area contributed by atoms with Crippen LogP contribution in [0, 0.1) is 0 Å². The third-order valence-corrected chi connectivity index (χ3v) is 5.88. The molecule has 0 fully saturated rings. The summed E-state index contributed by atoms with van der Waals surface area (Å²) in [6.45, 7) is 1.02. The van der Waals surface area contributed by atoms with Gasteiger partial charge in [-0.2, -0.15) is 5.10 Å². The average Bonchev–Trinajstić information content (AvgIpc) is 3.33.